The van der Waals surface area contributed by atoms with Crippen LogP contribution in [0.2, 0.25) is 0 Å². The third-order valence-electron chi connectivity index (χ3n) is 0.884. The molecule has 0 aliphatic rings. The third kappa shape index (κ3) is 2.28. The Morgan fingerprint density at radius 1 is 1.30 bits per heavy atom. The highest BCUT2D eigenvalue weighted by Crippen LogP contribution is 2.17. The van der Waals surface area contributed by atoms with Crippen molar-refractivity contribution in [3.63, 3.8) is 0 Å². The molecule has 0 bridgehead atoms. The van der Waals surface area contributed by atoms with Gasteiger partial charge in [0.2, 0.25) is 0 Å². The SMILES string of the molecule is CN(C)S(=O)(=O)N(C)SCl. The van der Waals surface area contributed by atoms with Crippen molar-refractivity contribution in [2.75, 3.05) is 21.1 Å². The lowest BCUT2D eigenvalue weighted by molar-refractivity contribution is 0.488. The van der Waals surface area contributed by atoms with Gasteiger partial charge in [0.25, 0.3) is 10.2 Å². The van der Waals surface area contributed by atoms with Gasteiger partial charge in [-0.2, -0.15) is 12.7 Å². The lowest BCUT2D eigenvalue weighted by atomic mass is 11.3. The molecule has 0 rings (SSSR count). The van der Waals surface area contributed by atoms with Gasteiger partial charge in [-0.25, -0.2) is 0 Å². The standard InChI is InChI=1S/C3H9ClN2O2S2/c1-5(2)10(7,8)6(3)9-4/h1-3H3. The van der Waals surface area contributed by atoms with Crippen molar-refractivity contribution in [3.8, 4) is 0 Å². The van der Waals surface area contributed by atoms with Gasteiger partial charge in [0.15, 0.2) is 0 Å². The number of rotatable bonds is 3. The van der Waals surface area contributed by atoms with Gasteiger partial charge in [-0.1, -0.05) is 0 Å². The van der Waals surface area contributed by atoms with E-state index in [1.165, 1.54) is 21.1 Å². The summed E-state index contributed by atoms with van der Waals surface area (Å²) in [7, 11) is 6.16. The fraction of sp³-hybridized carbons (Fsp3) is 1.00. The summed E-state index contributed by atoms with van der Waals surface area (Å²) < 4.78 is 24.1. The van der Waals surface area contributed by atoms with E-state index in [2.05, 4.69) is 0 Å². The summed E-state index contributed by atoms with van der Waals surface area (Å²) in [6.07, 6.45) is 0. The predicted octanol–water partition coefficient (Wildman–Crippen LogP) is 0.527. The fourth-order valence-corrected chi connectivity index (χ4v) is 2.05. The predicted molar refractivity (Wildman–Crippen MR) is 43.8 cm³/mol. The minimum atomic E-state index is -3.33. The first-order valence-corrected chi connectivity index (χ1v) is 5.37. The first-order chi connectivity index (χ1) is 4.42. The van der Waals surface area contributed by atoms with Crippen LogP contribution in [0.15, 0.2) is 0 Å². The second kappa shape index (κ2) is 3.77. The van der Waals surface area contributed by atoms with E-state index in [9.17, 15) is 8.42 Å². The molecule has 0 aliphatic carbocycles. The van der Waals surface area contributed by atoms with Crippen LogP contribution >= 0.6 is 21.8 Å². The molecule has 0 saturated heterocycles. The fourth-order valence-electron chi connectivity index (χ4n) is 0.266. The van der Waals surface area contributed by atoms with Crippen molar-refractivity contribution in [2.24, 2.45) is 0 Å². The van der Waals surface area contributed by atoms with E-state index in [1.54, 1.807) is 0 Å². The van der Waals surface area contributed by atoms with E-state index in [-0.39, 0.29) is 0 Å². The molecule has 0 aromatic rings. The van der Waals surface area contributed by atoms with Crippen molar-refractivity contribution in [3.05, 3.63) is 0 Å². The molecule has 0 radical (unpaired) electrons. The van der Waals surface area contributed by atoms with Gasteiger partial charge in [-0.3, -0.25) is 0 Å². The van der Waals surface area contributed by atoms with Crippen molar-refractivity contribution < 1.29 is 8.42 Å². The maximum atomic E-state index is 11.0. The Balaban J connectivity index is 4.42. The number of nitrogens with zero attached hydrogens (tertiary/aromatic N) is 2. The van der Waals surface area contributed by atoms with Crippen molar-refractivity contribution in [2.45, 2.75) is 0 Å². The highest BCUT2D eigenvalue weighted by Gasteiger charge is 2.19. The van der Waals surface area contributed by atoms with Crippen LogP contribution in [-0.2, 0) is 10.2 Å². The highest BCUT2D eigenvalue weighted by molar-refractivity contribution is 8.24. The Hall–Kier alpha value is 0.510. The Bertz CT molecular complexity index is 191. The van der Waals surface area contributed by atoms with Crippen LogP contribution in [0.3, 0.4) is 0 Å². The topological polar surface area (TPSA) is 40.6 Å². The summed E-state index contributed by atoms with van der Waals surface area (Å²) in [6.45, 7) is 0. The van der Waals surface area contributed by atoms with Gasteiger partial charge in [0.1, 0.15) is 0 Å². The van der Waals surface area contributed by atoms with E-state index in [1.807, 2.05) is 0 Å². The van der Waals surface area contributed by atoms with Crippen molar-refractivity contribution in [1.82, 2.24) is 8.02 Å². The molecule has 62 valence electrons. The molecule has 0 heterocycles. The summed E-state index contributed by atoms with van der Waals surface area (Å²) in [5, 5.41) is 0. The maximum absolute atomic E-state index is 11.0. The second-order valence-corrected chi connectivity index (χ2v) is 5.27. The zero-order valence-corrected chi connectivity index (χ0v) is 8.29. The van der Waals surface area contributed by atoms with Crippen LogP contribution < -0.4 is 0 Å². The highest BCUT2D eigenvalue weighted by atomic mass is 35.7. The van der Waals surface area contributed by atoms with Crippen molar-refractivity contribution >= 4 is 32.1 Å². The Kier molecular flexibility index (Phi) is 3.97. The Labute approximate surface area is 70.0 Å². The third-order valence-corrected chi connectivity index (χ3v) is 4.31. The van der Waals surface area contributed by atoms with Gasteiger partial charge < -0.3 is 0 Å². The quantitative estimate of drug-likeness (QED) is 0.630. The number of hydrogen-bond donors (Lipinski definition) is 0. The van der Waals surface area contributed by atoms with E-state index in [0.29, 0.717) is 11.2 Å². The summed E-state index contributed by atoms with van der Waals surface area (Å²) in [6, 6.07) is 0. The average Bonchev–Trinajstić information content (AvgIpc) is 1.86. The van der Waals surface area contributed by atoms with Crippen LogP contribution in [0.4, 0.5) is 0 Å². The molecular weight excluding hydrogens is 196 g/mol. The van der Waals surface area contributed by atoms with Crippen LogP contribution in [0.1, 0.15) is 0 Å². The Morgan fingerprint density at radius 3 is 1.80 bits per heavy atom. The van der Waals surface area contributed by atoms with Gasteiger partial charge in [-0.15, -0.1) is 3.71 Å². The number of hydrogen-bond acceptors (Lipinski definition) is 3. The minimum absolute atomic E-state index is 0.636. The smallest absolute Gasteiger partial charge is 0.194 e. The molecule has 4 nitrogen and oxygen atoms in total. The normalized spacial score (nSPS) is 13.0. The zero-order valence-electron chi connectivity index (χ0n) is 5.91. The molecule has 10 heavy (non-hydrogen) atoms. The lowest BCUT2D eigenvalue weighted by Gasteiger charge is -2.16. The van der Waals surface area contributed by atoms with Crippen LogP contribution in [0.5, 0.6) is 0 Å². The zero-order chi connectivity index (χ0) is 8.36. The van der Waals surface area contributed by atoms with E-state index >= 15 is 0 Å². The van der Waals surface area contributed by atoms with Crippen molar-refractivity contribution in [1.29, 1.82) is 0 Å². The largest absolute Gasteiger partial charge is 0.291 e. The summed E-state index contributed by atoms with van der Waals surface area (Å²) in [4.78, 5) is 0. The number of halogens is 1. The first kappa shape index (κ1) is 10.5. The van der Waals surface area contributed by atoms with Gasteiger partial charge in [0.05, 0.1) is 0 Å². The molecule has 0 N–H and O–H groups in total. The summed E-state index contributed by atoms with van der Waals surface area (Å²) >= 11 is 0.636. The molecule has 0 aromatic heterocycles. The molecule has 0 atom stereocenters. The molecule has 0 spiro atoms. The maximum Gasteiger partial charge on any atom is 0.291 e. The molecule has 0 aliphatic heterocycles. The summed E-state index contributed by atoms with van der Waals surface area (Å²) in [5.41, 5.74) is 0. The molecule has 0 unspecified atom stereocenters. The Morgan fingerprint density at radius 2 is 1.70 bits per heavy atom. The first-order valence-electron chi connectivity index (χ1n) is 2.38. The van der Waals surface area contributed by atoms with E-state index in [4.69, 9.17) is 10.7 Å². The summed E-state index contributed by atoms with van der Waals surface area (Å²) in [5.74, 6) is 0. The van der Waals surface area contributed by atoms with Crippen LogP contribution in [-0.4, -0.2) is 37.6 Å². The van der Waals surface area contributed by atoms with E-state index in [0.717, 1.165) is 8.02 Å². The molecular formula is C3H9ClN2O2S2. The monoisotopic (exact) mass is 204 g/mol. The molecule has 0 amide bonds. The van der Waals surface area contributed by atoms with Crippen LogP contribution in [0, 0.1) is 0 Å². The average molecular weight is 205 g/mol. The lowest BCUT2D eigenvalue weighted by Crippen LogP contribution is -2.32. The molecule has 0 saturated carbocycles. The van der Waals surface area contributed by atoms with Gasteiger partial charge in [0, 0.05) is 32.3 Å². The second-order valence-electron chi connectivity index (χ2n) is 1.77. The molecule has 7 heteroatoms. The van der Waals surface area contributed by atoms with E-state index < -0.39 is 10.2 Å². The molecule has 0 fully saturated rings. The van der Waals surface area contributed by atoms with Crippen LogP contribution in [0.25, 0.3) is 0 Å². The molecule has 0 aromatic carbocycles. The van der Waals surface area contributed by atoms with Gasteiger partial charge >= 0.3 is 0 Å². The minimum Gasteiger partial charge on any atom is -0.194 e. The van der Waals surface area contributed by atoms with Gasteiger partial charge in [-0.05, 0) is 10.7 Å².